The molecule has 4 nitrogen and oxygen atoms in total. The smallest absolute Gasteiger partial charge is 0.152 e. The Morgan fingerprint density at radius 1 is 1.33 bits per heavy atom. The van der Waals surface area contributed by atoms with Gasteiger partial charge in [0.25, 0.3) is 0 Å². The highest BCUT2D eigenvalue weighted by molar-refractivity contribution is 5.95. The first-order chi connectivity index (χ1) is 7.10. The molecule has 4 heteroatoms. The lowest BCUT2D eigenvalue weighted by Gasteiger charge is -2.07. The molecule has 0 aliphatic heterocycles. The van der Waals surface area contributed by atoms with Crippen LogP contribution in [0, 0.1) is 0 Å². The first kappa shape index (κ1) is 11.2. The van der Waals surface area contributed by atoms with Crippen LogP contribution < -0.4 is 0 Å². The monoisotopic (exact) mass is 206 g/mol. The average Bonchev–Trinajstić information content (AvgIpc) is 2.58. The molecule has 80 valence electrons. The van der Waals surface area contributed by atoms with Crippen LogP contribution >= 0.6 is 0 Å². The molecule has 1 aromatic heterocycles. The quantitative estimate of drug-likeness (QED) is 0.760. The summed E-state index contributed by atoms with van der Waals surface area (Å²) in [5, 5.41) is 0. The third-order valence-corrected chi connectivity index (χ3v) is 2.04. The molecule has 0 fully saturated rings. The summed E-state index contributed by atoms with van der Waals surface area (Å²) in [5.41, 5.74) is 2.42. The van der Waals surface area contributed by atoms with Crippen molar-refractivity contribution in [2.24, 2.45) is 0 Å². The summed E-state index contributed by atoms with van der Waals surface area (Å²) >= 11 is 0. The maximum Gasteiger partial charge on any atom is 0.152 e. The molecule has 0 radical (unpaired) electrons. The van der Waals surface area contributed by atoms with Crippen molar-refractivity contribution in [3.05, 3.63) is 29.2 Å². The van der Waals surface area contributed by atoms with E-state index in [0.717, 1.165) is 5.57 Å². The Bertz CT molecular complexity index is 403. The molecule has 0 aliphatic carbocycles. The van der Waals surface area contributed by atoms with Crippen molar-refractivity contribution < 1.29 is 9.59 Å². The first-order valence-electron chi connectivity index (χ1n) is 4.57. The number of aromatic nitrogens is 1. The van der Waals surface area contributed by atoms with Gasteiger partial charge in [0.05, 0.1) is 11.3 Å². The van der Waals surface area contributed by atoms with Crippen LogP contribution in [-0.4, -0.2) is 36.6 Å². The van der Waals surface area contributed by atoms with Crippen molar-refractivity contribution in [1.82, 2.24) is 9.88 Å². The van der Waals surface area contributed by atoms with Gasteiger partial charge in [-0.05, 0) is 12.5 Å². The van der Waals surface area contributed by atoms with Gasteiger partial charge in [0, 0.05) is 32.1 Å². The van der Waals surface area contributed by atoms with Crippen molar-refractivity contribution in [1.29, 1.82) is 0 Å². The summed E-state index contributed by atoms with van der Waals surface area (Å²) in [6.07, 6.45) is 4.79. The van der Waals surface area contributed by atoms with Gasteiger partial charge in [-0.3, -0.25) is 9.59 Å². The predicted octanol–water partition coefficient (Wildman–Crippen LogP) is 1.56. The molecular weight excluding hydrogens is 192 g/mol. The molecule has 0 bridgehead atoms. The van der Waals surface area contributed by atoms with Gasteiger partial charge >= 0.3 is 0 Å². The summed E-state index contributed by atoms with van der Waals surface area (Å²) in [6.45, 7) is 1.88. The molecule has 0 saturated heterocycles. The average molecular weight is 206 g/mol. The van der Waals surface area contributed by atoms with Crippen LogP contribution in [0.25, 0.3) is 5.57 Å². The van der Waals surface area contributed by atoms with Crippen LogP contribution in [-0.2, 0) is 0 Å². The number of aldehydes is 2. The van der Waals surface area contributed by atoms with Crippen molar-refractivity contribution >= 4 is 18.1 Å². The second-order valence-electron chi connectivity index (χ2n) is 3.54. The number of allylic oxidation sites excluding steroid dienone is 1. The number of hydrogen-bond acceptors (Lipinski definition) is 3. The zero-order valence-electron chi connectivity index (χ0n) is 9.07. The lowest BCUT2D eigenvalue weighted by molar-refractivity contribution is 0.109. The minimum atomic E-state index is 0.395. The molecule has 0 saturated carbocycles. The fraction of sp³-hybridized carbons (Fsp3) is 0.273. The zero-order valence-corrected chi connectivity index (χ0v) is 9.07. The molecule has 0 amide bonds. The highest BCUT2D eigenvalue weighted by Gasteiger charge is 2.10. The lowest BCUT2D eigenvalue weighted by atomic mass is 10.1. The molecule has 0 unspecified atom stereocenters. The van der Waals surface area contributed by atoms with E-state index in [4.69, 9.17) is 0 Å². The van der Waals surface area contributed by atoms with Gasteiger partial charge in [-0.15, -0.1) is 0 Å². The SMILES string of the molecule is C/C(=C/N(C)C)c1[nH]cc(C=O)c1C=O. The molecular formula is C11H14N2O2. The van der Waals surface area contributed by atoms with E-state index in [1.165, 1.54) is 0 Å². The van der Waals surface area contributed by atoms with Gasteiger partial charge in [-0.2, -0.15) is 0 Å². The van der Waals surface area contributed by atoms with Crippen molar-refractivity contribution in [2.45, 2.75) is 6.92 Å². The van der Waals surface area contributed by atoms with Crippen LogP contribution in [0.1, 0.15) is 33.3 Å². The van der Waals surface area contributed by atoms with E-state index >= 15 is 0 Å². The standard InChI is InChI=1S/C11H14N2O2/c1-8(5-13(2)3)11-10(7-15)9(6-14)4-12-11/h4-7,12H,1-3H3/b8-5-. The maximum atomic E-state index is 10.8. The van der Waals surface area contributed by atoms with E-state index in [-0.39, 0.29) is 0 Å². The molecule has 0 atom stereocenters. The van der Waals surface area contributed by atoms with E-state index in [2.05, 4.69) is 4.98 Å². The van der Waals surface area contributed by atoms with E-state index in [0.29, 0.717) is 29.4 Å². The van der Waals surface area contributed by atoms with Crippen molar-refractivity contribution in [3.8, 4) is 0 Å². The second-order valence-corrected chi connectivity index (χ2v) is 3.54. The number of aromatic amines is 1. The predicted molar refractivity (Wildman–Crippen MR) is 58.9 cm³/mol. The van der Waals surface area contributed by atoms with E-state index in [1.807, 2.05) is 32.1 Å². The van der Waals surface area contributed by atoms with E-state index in [9.17, 15) is 9.59 Å². The summed E-state index contributed by atoms with van der Waals surface area (Å²) in [4.78, 5) is 26.3. The van der Waals surface area contributed by atoms with Gasteiger partial charge in [0.2, 0.25) is 0 Å². The number of H-pyrrole nitrogens is 1. The largest absolute Gasteiger partial charge is 0.383 e. The van der Waals surface area contributed by atoms with Gasteiger partial charge in [-0.25, -0.2) is 0 Å². The van der Waals surface area contributed by atoms with Crippen molar-refractivity contribution in [2.75, 3.05) is 14.1 Å². The summed E-state index contributed by atoms with van der Waals surface area (Å²) in [5.74, 6) is 0. The fourth-order valence-corrected chi connectivity index (χ4v) is 1.45. The number of carbonyl (C=O) groups is 2. The van der Waals surface area contributed by atoms with Gasteiger partial charge < -0.3 is 9.88 Å². The Hall–Kier alpha value is -1.84. The van der Waals surface area contributed by atoms with Gasteiger partial charge in [-0.1, -0.05) is 0 Å². The number of nitrogens with zero attached hydrogens (tertiary/aromatic N) is 1. The van der Waals surface area contributed by atoms with Crippen LogP contribution in [0.5, 0.6) is 0 Å². The Kier molecular flexibility index (Phi) is 3.44. The summed E-state index contributed by atoms with van der Waals surface area (Å²) in [6, 6.07) is 0. The Balaban J connectivity index is 3.20. The van der Waals surface area contributed by atoms with Crippen LogP contribution in [0.15, 0.2) is 12.4 Å². The number of hydrogen-bond donors (Lipinski definition) is 1. The number of rotatable bonds is 4. The van der Waals surface area contributed by atoms with Gasteiger partial charge in [0.15, 0.2) is 12.6 Å². The molecule has 1 rings (SSSR count). The maximum absolute atomic E-state index is 10.8. The molecule has 1 heterocycles. The topological polar surface area (TPSA) is 53.2 Å². The lowest BCUT2D eigenvalue weighted by Crippen LogP contribution is -2.02. The molecule has 0 aliphatic rings. The third kappa shape index (κ3) is 2.34. The normalized spacial score (nSPS) is 11.3. The Morgan fingerprint density at radius 3 is 2.47 bits per heavy atom. The summed E-state index contributed by atoms with van der Waals surface area (Å²) < 4.78 is 0. The molecule has 1 aromatic rings. The zero-order chi connectivity index (χ0) is 11.4. The van der Waals surface area contributed by atoms with Gasteiger partial charge in [0.1, 0.15) is 0 Å². The van der Waals surface area contributed by atoms with E-state index < -0.39 is 0 Å². The highest BCUT2D eigenvalue weighted by atomic mass is 16.1. The van der Waals surface area contributed by atoms with Crippen LogP contribution in [0.4, 0.5) is 0 Å². The van der Waals surface area contributed by atoms with Crippen LogP contribution in [0.3, 0.4) is 0 Å². The van der Waals surface area contributed by atoms with Crippen molar-refractivity contribution in [3.63, 3.8) is 0 Å². The second kappa shape index (κ2) is 4.59. The minimum absolute atomic E-state index is 0.395. The number of carbonyl (C=O) groups excluding carboxylic acids is 2. The minimum Gasteiger partial charge on any atom is -0.383 e. The Morgan fingerprint density at radius 2 is 2.00 bits per heavy atom. The van der Waals surface area contributed by atoms with Crippen LogP contribution in [0.2, 0.25) is 0 Å². The molecule has 0 aromatic carbocycles. The third-order valence-electron chi connectivity index (χ3n) is 2.04. The molecule has 15 heavy (non-hydrogen) atoms. The Labute approximate surface area is 88.6 Å². The fourth-order valence-electron chi connectivity index (χ4n) is 1.45. The molecule has 0 spiro atoms. The first-order valence-corrected chi connectivity index (χ1v) is 4.57. The number of nitrogens with one attached hydrogen (secondary N) is 1. The highest BCUT2D eigenvalue weighted by Crippen LogP contribution is 2.18. The van der Waals surface area contributed by atoms with E-state index in [1.54, 1.807) is 6.20 Å². The summed E-state index contributed by atoms with van der Waals surface area (Å²) in [7, 11) is 3.79. The molecule has 1 N–H and O–H groups in total.